The van der Waals surface area contributed by atoms with Gasteiger partial charge in [0.2, 0.25) is 0 Å². The van der Waals surface area contributed by atoms with Gasteiger partial charge in [-0.1, -0.05) is 30.3 Å². The van der Waals surface area contributed by atoms with Gasteiger partial charge in [-0.25, -0.2) is 4.79 Å². The first-order chi connectivity index (χ1) is 17.2. The number of ether oxygens (including phenoxy) is 1. The molecule has 2 aromatic carbocycles. The Morgan fingerprint density at radius 1 is 1.03 bits per heavy atom. The van der Waals surface area contributed by atoms with Gasteiger partial charge in [0.1, 0.15) is 10.8 Å². The molecule has 0 radical (unpaired) electrons. The zero-order valence-electron chi connectivity index (χ0n) is 19.9. The Kier molecular flexibility index (Phi) is 5.82. The van der Waals surface area contributed by atoms with Crippen molar-refractivity contribution in [1.82, 2.24) is 9.47 Å². The molecule has 1 atom stereocenters. The van der Waals surface area contributed by atoms with Gasteiger partial charge in [0.05, 0.1) is 24.9 Å². The van der Waals surface area contributed by atoms with Crippen molar-refractivity contribution in [3.63, 3.8) is 0 Å². The molecule has 1 aliphatic heterocycles. The molecule has 1 N–H and O–H groups in total. The standard InChI is InChI=1S/C29H29N3O2S/c1-2-34-22-13-8-10-20(18-22)27-25-15-9-17-31(25)28-24(23-14-6-7-16-26(23)35-28)19-32(27)29(33)30-21-11-4-3-5-12-21/h3-5,8-13,15,17-18,27H,2,6-7,14,16,19H2,1H3,(H,30,33). The third-order valence-electron chi connectivity index (χ3n) is 6.95. The fraction of sp³-hybridized carbons (Fsp3) is 0.276. The number of carbonyl (C=O) groups excluding carboxylic acids is 1. The van der Waals surface area contributed by atoms with Gasteiger partial charge in [0.25, 0.3) is 0 Å². The SMILES string of the molecule is CCOc1cccc(C2c3cccn3-c3sc4c(c3CN2C(=O)Nc2ccccc2)CCCC4)c1. The summed E-state index contributed by atoms with van der Waals surface area (Å²) in [6, 6.07) is 21.8. The second kappa shape index (κ2) is 9.27. The lowest BCUT2D eigenvalue weighted by atomic mass is 9.95. The first-order valence-corrected chi connectivity index (χ1v) is 13.2. The van der Waals surface area contributed by atoms with E-state index >= 15 is 0 Å². The highest BCUT2D eigenvalue weighted by Crippen LogP contribution is 2.44. The van der Waals surface area contributed by atoms with E-state index in [4.69, 9.17) is 4.74 Å². The fourth-order valence-corrected chi connectivity index (χ4v) is 6.80. The quantitative estimate of drug-likeness (QED) is 0.341. The van der Waals surface area contributed by atoms with Crippen LogP contribution in [0, 0.1) is 0 Å². The molecule has 0 fully saturated rings. The van der Waals surface area contributed by atoms with Gasteiger partial charge in [0.15, 0.2) is 0 Å². The van der Waals surface area contributed by atoms with E-state index in [0.717, 1.165) is 35.5 Å². The molecule has 35 heavy (non-hydrogen) atoms. The van der Waals surface area contributed by atoms with E-state index in [0.29, 0.717) is 13.2 Å². The predicted molar refractivity (Wildman–Crippen MR) is 141 cm³/mol. The van der Waals surface area contributed by atoms with Crippen molar-refractivity contribution in [3.8, 4) is 10.8 Å². The van der Waals surface area contributed by atoms with Crippen molar-refractivity contribution in [2.45, 2.75) is 45.2 Å². The Morgan fingerprint density at radius 3 is 2.74 bits per heavy atom. The molecular formula is C29H29N3O2S. The second-order valence-electron chi connectivity index (χ2n) is 9.13. The molecule has 178 valence electrons. The van der Waals surface area contributed by atoms with Gasteiger partial charge < -0.3 is 19.5 Å². The highest BCUT2D eigenvalue weighted by molar-refractivity contribution is 7.15. The summed E-state index contributed by atoms with van der Waals surface area (Å²) in [5.41, 5.74) is 5.69. The number of para-hydroxylation sites is 1. The van der Waals surface area contributed by atoms with Crippen LogP contribution in [-0.4, -0.2) is 22.1 Å². The summed E-state index contributed by atoms with van der Waals surface area (Å²) in [7, 11) is 0. The van der Waals surface area contributed by atoms with Crippen LogP contribution >= 0.6 is 11.3 Å². The number of aromatic nitrogens is 1. The fourth-order valence-electron chi connectivity index (χ4n) is 5.40. The van der Waals surface area contributed by atoms with Crippen molar-refractivity contribution in [1.29, 1.82) is 0 Å². The van der Waals surface area contributed by atoms with Crippen LogP contribution in [-0.2, 0) is 19.4 Å². The van der Waals surface area contributed by atoms with Crippen molar-refractivity contribution >= 4 is 23.1 Å². The van der Waals surface area contributed by atoms with E-state index in [1.807, 2.05) is 65.6 Å². The molecule has 2 aromatic heterocycles. The van der Waals surface area contributed by atoms with Gasteiger partial charge in [-0.2, -0.15) is 0 Å². The summed E-state index contributed by atoms with van der Waals surface area (Å²) in [6.45, 7) is 3.17. The third-order valence-corrected chi connectivity index (χ3v) is 8.28. The molecule has 1 aliphatic carbocycles. The molecule has 6 rings (SSSR count). The van der Waals surface area contributed by atoms with Gasteiger partial charge in [0, 0.05) is 22.3 Å². The summed E-state index contributed by atoms with van der Waals surface area (Å²) in [5.74, 6) is 0.822. The molecule has 0 spiro atoms. The molecule has 0 saturated carbocycles. The smallest absolute Gasteiger partial charge is 0.322 e. The lowest BCUT2D eigenvalue weighted by molar-refractivity contribution is 0.194. The van der Waals surface area contributed by atoms with Crippen LogP contribution in [0.2, 0.25) is 0 Å². The Labute approximate surface area is 210 Å². The van der Waals surface area contributed by atoms with Crippen molar-refractivity contribution in [3.05, 3.63) is 100 Å². The third kappa shape index (κ3) is 4.02. The average Bonchev–Trinajstić information content (AvgIpc) is 3.47. The number of urea groups is 1. The van der Waals surface area contributed by atoms with Crippen LogP contribution < -0.4 is 10.1 Å². The molecule has 3 heterocycles. The summed E-state index contributed by atoms with van der Waals surface area (Å²) in [4.78, 5) is 17.4. The second-order valence-corrected chi connectivity index (χ2v) is 10.2. The van der Waals surface area contributed by atoms with Crippen LogP contribution in [0.4, 0.5) is 10.5 Å². The Bertz CT molecular complexity index is 1360. The Hall–Kier alpha value is -3.51. The Balaban J connectivity index is 1.50. The van der Waals surface area contributed by atoms with Crippen molar-refractivity contribution in [2.24, 2.45) is 0 Å². The van der Waals surface area contributed by atoms with E-state index in [1.54, 1.807) is 0 Å². The summed E-state index contributed by atoms with van der Waals surface area (Å²) >= 11 is 1.90. The minimum atomic E-state index is -0.243. The van der Waals surface area contributed by atoms with Gasteiger partial charge in [-0.15, -0.1) is 11.3 Å². The first kappa shape index (κ1) is 22.0. The van der Waals surface area contributed by atoms with Crippen LogP contribution in [0.1, 0.15) is 53.1 Å². The summed E-state index contributed by atoms with van der Waals surface area (Å²) in [5, 5.41) is 4.42. The minimum Gasteiger partial charge on any atom is -0.494 e. The monoisotopic (exact) mass is 483 g/mol. The van der Waals surface area contributed by atoms with E-state index in [-0.39, 0.29) is 12.1 Å². The van der Waals surface area contributed by atoms with Crippen molar-refractivity contribution in [2.75, 3.05) is 11.9 Å². The van der Waals surface area contributed by atoms with Crippen LogP contribution in [0.3, 0.4) is 0 Å². The molecular weight excluding hydrogens is 454 g/mol. The number of nitrogens with zero attached hydrogens (tertiary/aromatic N) is 2. The first-order valence-electron chi connectivity index (χ1n) is 12.4. The van der Waals surface area contributed by atoms with Crippen LogP contribution in [0.15, 0.2) is 72.9 Å². The number of amides is 2. The number of anilines is 1. The van der Waals surface area contributed by atoms with Crippen LogP contribution in [0.25, 0.3) is 5.00 Å². The maximum absolute atomic E-state index is 13.9. The van der Waals surface area contributed by atoms with E-state index < -0.39 is 0 Å². The number of fused-ring (bicyclic) bond motifs is 5. The van der Waals surface area contributed by atoms with Gasteiger partial charge in [-0.05, 0) is 80.1 Å². The van der Waals surface area contributed by atoms with Crippen molar-refractivity contribution < 1.29 is 9.53 Å². The lowest BCUT2D eigenvalue weighted by Gasteiger charge is -2.31. The molecule has 2 amide bonds. The topological polar surface area (TPSA) is 46.5 Å². The highest BCUT2D eigenvalue weighted by Gasteiger charge is 2.36. The van der Waals surface area contributed by atoms with E-state index in [9.17, 15) is 4.79 Å². The molecule has 5 nitrogen and oxygen atoms in total. The number of benzene rings is 2. The molecule has 6 heteroatoms. The number of hydrogen-bond acceptors (Lipinski definition) is 3. The highest BCUT2D eigenvalue weighted by atomic mass is 32.1. The summed E-state index contributed by atoms with van der Waals surface area (Å²) < 4.78 is 8.14. The van der Waals surface area contributed by atoms with Gasteiger partial charge in [-0.3, -0.25) is 0 Å². The minimum absolute atomic E-state index is 0.0978. The predicted octanol–water partition coefficient (Wildman–Crippen LogP) is 6.95. The number of rotatable bonds is 4. The summed E-state index contributed by atoms with van der Waals surface area (Å²) in [6.07, 6.45) is 6.84. The molecule has 2 aliphatic rings. The number of carbonyl (C=O) groups is 1. The number of aryl methyl sites for hydroxylation is 1. The zero-order valence-corrected chi connectivity index (χ0v) is 20.7. The molecule has 0 saturated heterocycles. The number of nitrogens with one attached hydrogen (secondary N) is 1. The van der Waals surface area contributed by atoms with E-state index in [1.165, 1.54) is 33.8 Å². The largest absolute Gasteiger partial charge is 0.494 e. The zero-order chi connectivity index (χ0) is 23.8. The van der Waals surface area contributed by atoms with Crippen LogP contribution in [0.5, 0.6) is 5.75 Å². The molecule has 0 bridgehead atoms. The number of hydrogen-bond donors (Lipinski definition) is 1. The lowest BCUT2D eigenvalue weighted by Crippen LogP contribution is -2.38. The number of thiophene rings is 1. The molecule has 1 unspecified atom stereocenters. The average molecular weight is 484 g/mol. The Morgan fingerprint density at radius 2 is 1.89 bits per heavy atom. The van der Waals surface area contributed by atoms with E-state index in [2.05, 4.69) is 40.3 Å². The normalized spacial score (nSPS) is 16.6. The van der Waals surface area contributed by atoms with Gasteiger partial charge >= 0.3 is 6.03 Å². The maximum atomic E-state index is 13.9. The maximum Gasteiger partial charge on any atom is 0.322 e. The molecule has 4 aromatic rings.